The normalized spacial score (nSPS) is 11.5. The minimum atomic E-state index is -2.03. The van der Waals surface area contributed by atoms with Crippen LogP contribution in [0, 0.1) is 13.8 Å². The molecule has 0 aliphatic heterocycles. The number of hydrogen-bond acceptors (Lipinski definition) is 1. The molecule has 2 aromatic carbocycles. The summed E-state index contributed by atoms with van der Waals surface area (Å²) in [6, 6.07) is 19.3. The standard InChI is InChI=1S/C22H25GeN/c1-16-10-9-11-17(2)22(16)19-14-21(18-12-7-6-8-13-18)24-15-20(19)23(3,4)5/h6-15H,1-5H3. The van der Waals surface area contributed by atoms with E-state index in [9.17, 15) is 0 Å². The van der Waals surface area contributed by atoms with Gasteiger partial charge < -0.3 is 0 Å². The zero-order valence-corrected chi connectivity index (χ0v) is 17.3. The first-order valence-corrected chi connectivity index (χ1v) is 15.8. The first kappa shape index (κ1) is 17.0. The molecular formula is C22H25GeN. The predicted molar refractivity (Wildman–Crippen MR) is 108 cm³/mol. The number of pyridine rings is 1. The summed E-state index contributed by atoms with van der Waals surface area (Å²) < 4.78 is 1.48. The molecule has 0 saturated heterocycles. The van der Waals surface area contributed by atoms with Crippen molar-refractivity contribution in [2.75, 3.05) is 0 Å². The van der Waals surface area contributed by atoms with Crippen molar-refractivity contribution >= 4 is 17.7 Å². The summed E-state index contributed by atoms with van der Waals surface area (Å²) in [7, 11) is 0. The molecule has 122 valence electrons. The van der Waals surface area contributed by atoms with Gasteiger partial charge in [0.15, 0.2) is 0 Å². The Morgan fingerprint density at radius 2 is 1.42 bits per heavy atom. The third kappa shape index (κ3) is 3.32. The van der Waals surface area contributed by atoms with Crippen LogP contribution < -0.4 is 4.40 Å². The number of aryl methyl sites for hydroxylation is 2. The van der Waals surface area contributed by atoms with Gasteiger partial charge in [-0.3, -0.25) is 0 Å². The third-order valence-electron chi connectivity index (χ3n) is 4.53. The Labute approximate surface area is 148 Å². The summed E-state index contributed by atoms with van der Waals surface area (Å²) in [6.45, 7) is 4.43. The van der Waals surface area contributed by atoms with Gasteiger partial charge >= 0.3 is 148 Å². The molecule has 2 heteroatoms. The van der Waals surface area contributed by atoms with Gasteiger partial charge in [-0.2, -0.15) is 0 Å². The summed E-state index contributed by atoms with van der Waals surface area (Å²) in [4.78, 5) is 4.81. The van der Waals surface area contributed by atoms with Gasteiger partial charge in [-0.25, -0.2) is 0 Å². The molecule has 0 radical (unpaired) electrons. The molecule has 0 aliphatic carbocycles. The van der Waals surface area contributed by atoms with Gasteiger partial charge in [-0.1, -0.05) is 0 Å². The molecule has 0 bridgehead atoms. The first-order chi connectivity index (χ1) is 11.4. The summed E-state index contributed by atoms with van der Waals surface area (Å²) in [5.41, 5.74) is 7.68. The van der Waals surface area contributed by atoms with Crippen LogP contribution in [0.5, 0.6) is 0 Å². The molecule has 0 fully saturated rings. The van der Waals surface area contributed by atoms with Gasteiger partial charge in [-0.05, 0) is 0 Å². The molecule has 0 aliphatic rings. The van der Waals surface area contributed by atoms with E-state index in [1.807, 2.05) is 0 Å². The molecule has 0 spiro atoms. The number of hydrogen-bond donors (Lipinski definition) is 0. The molecule has 0 N–H and O–H groups in total. The van der Waals surface area contributed by atoms with Crippen molar-refractivity contribution in [3.05, 3.63) is 71.9 Å². The molecule has 0 saturated carbocycles. The number of nitrogens with zero attached hydrogens (tertiary/aromatic N) is 1. The van der Waals surface area contributed by atoms with E-state index in [1.54, 1.807) is 0 Å². The molecular weight excluding hydrogens is 351 g/mol. The van der Waals surface area contributed by atoms with Crippen LogP contribution in [0.4, 0.5) is 0 Å². The molecule has 3 aromatic rings. The van der Waals surface area contributed by atoms with Crippen molar-refractivity contribution in [2.45, 2.75) is 31.1 Å². The molecule has 1 aromatic heterocycles. The third-order valence-corrected chi connectivity index (χ3v) is 8.76. The molecule has 0 amide bonds. The van der Waals surface area contributed by atoms with Gasteiger partial charge in [0, 0.05) is 0 Å². The molecule has 0 atom stereocenters. The Kier molecular flexibility index (Phi) is 4.64. The van der Waals surface area contributed by atoms with Crippen LogP contribution in [0.2, 0.25) is 17.3 Å². The summed E-state index contributed by atoms with van der Waals surface area (Å²) >= 11 is -2.03. The van der Waals surface area contributed by atoms with E-state index >= 15 is 0 Å². The number of rotatable bonds is 3. The van der Waals surface area contributed by atoms with E-state index in [0.29, 0.717) is 0 Å². The number of aromatic nitrogens is 1. The van der Waals surface area contributed by atoms with Crippen molar-refractivity contribution in [3.8, 4) is 22.4 Å². The van der Waals surface area contributed by atoms with Gasteiger partial charge in [-0.15, -0.1) is 0 Å². The second-order valence-electron chi connectivity index (χ2n) is 7.50. The first-order valence-electron chi connectivity index (χ1n) is 8.50. The zero-order valence-electron chi connectivity index (χ0n) is 15.2. The van der Waals surface area contributed by atoms with E-state index in [1.165, 1.54) is 32.2 Å². The second-order valence-corrected chi connectivity index (χ2v) is 18.1. The van der Waals surface area contributed by atoms with Gasteiger partial charge in [0.1, 0.15) is 0 Å². The van der Waals surface area contributed by atoms with E-state index in [2.05, 4.69) is 91.9 Å². The van der Waals surface area contributed by atoms with Gasteiger partial charge in [0.2, 0.25) is 0 Å². The SMILES string of the molecule is Cc1cccc(C)c1-c1cc(-c2ccccc2)nc[c]1[Ge]([CH3])([CH3])[CH3]. The van der Waals surface area contributed by atoms with Gasteiger partial charge in [0.25, 0.3) is 0 Å². The van der Waals surface area contributed by atoms with Crippen molar-refractivity contribution < 1.29 is 0 Å². The average Bonchev–Trinajstić information content (AvgIpc) is 2.54. The molecule has 1 nitrogen and oxygen atoms in total. The van der Waals surface area contributed by atoms with Crippen LogP contribution in [-0.2, 0) is 0 Å². The Bertz CT molecular complexity index is 841. The molecule has 3 rings (SSSR count). The summed E-state index contributed by atoms with van der Waals surface area (Å²) in [5, 5.41) is 0. The van der Waals surface area contributed by atoms with E-state index < -0.39 is 13.3 Å². The van der Waals surface area contributed by atoms with Gasteiger partial charge in [0.05, 0.1) is 0 Å². The Morgan fingerprint density at radius 1 is 0.792 bits per heavy atom. The van der Waals surface area contributed by atoms with Crippen LogP contribution in [-0.4, -0.2) is 18.3 Å². The second kappa shape index (κ2) is 6.56. The van der Waals surface area contributed by atoms with Crippen molar-refractivity contribution in [3.63, 3.8) is 0 Å². The number of benzene rings is 2. The van der Waals surface area contributed by atoms with Crippen LogP contribution in [0.15, 0.2) is 60.8 Å². The fourth-order valence-corrected chi connectivity index (χ4v) is 6.32. The van der Waals surface area contributed by atoms with Crippen LogP contribution >= 0.6 is 0 Å². The van der Waals surface area contributed by atoms with E-state index in [0.717, 1.165) is 5.69 Å². The maximum atomic E-state index is 4.81. The van der Waals surface area contributed by atoms with E-state index in [4.69, 9.17) is 4.98 Å². The Hall–Kier alpha value is -1.87. The quantitative estimate of drug-likeness (QED) is 0.544. The maximum absolute atomic E-state index is 4.81. The predicted octanol–water partition coefficient (Wildman–Crippen LogP) is 5.58. The minimum absolute atomic E-state index is 1.06. The molecule has 0 unspecified atom stereocenters. The molecule has 24 heavy (non-hydrogen) atoms. The summed E-state index contributed by atoms with van der Waals surface area (Å²) in [5.74, 6) is 7.32. The van der Waals surface area contributed by atoms with Crippen molar-refractivity contribution in [1.29, 1.82) is 0 Å². The van der Waals surface area contributed by atoms with Crippen LogP contribution in [0.25, 0.3) is 22.4 Å². The van der Waals surface area contributed by atoms with Crippen molar-refractivity contribution in [2.24, 2.45) is 0 Å². The topological polar surface area (TPSA) is 12.9 Å². The average molecular weight is 376 g/mol. The van der Waals surface area contributed by atoms with Crippen LogP contribution in [0.1, 0.15) is 11.1 Å². The monoisotopic (exact) mass is 377 g/mol. The van der Waals surface area contributed by atoms with Crippen LogP contribution in [0.3, 0.4) is 0 Å². The Balaban J connectivity index is 2.29. The zero-order chi connectivity index (χ0) is 17.3. The fraction of sp³-hybridized carbons (Fsp3) is 0.227. The Morgan fingerprint density at radius 3 is 2.00 bits per heavy atom. The molecule has 1 heterocycles. The van der Waals surface area contributed by atoms with Crippen molar-refractivity contribution in [1.82, 2.24) is 4.98 Å². The van der Waals surface area contributed by atoms with E-state index in [-0.39, 0.29) is 0 Å². The fourth-order valence-electron chi connectivity index (χ4n) is 3.27. The summed E-state index contributed by atoms with van der Waals surface area (Å²) in [6.07, 6.45) is 2.14.